The number of fused-ring (bicyclic) bond motifs is 2. The molecule has 10 nitrogen and oxygen atoms in total. The molecule has 0 amide bonds. The Balaban J connectivity index is 1.63. The number of ether oxygens (including phenoxy) is 3. The highest BCUT2D eigenvalue weighted by atomic mass is 35.5. The maximum Gasteiger partial charge on any atom is 0.332 e. The largest absolute Gasteiger partial charge is 0.496 e. The van der Waals surface area contributed by atoms with Crippen molar-refractivity contribution in [2.75, 3.05) is 19.5 Å². The van der Waals surface area contributed by atoms with Gasteiger partial charge >= 0.3 is 5.69 Å². The molecule has 13 heteroatoms. The molecule has 3 atom stereocenters. The van der Waals surface area contributed by atoms with E-state index in [9.17, 15) is 23.6 Å². The lowest BCUT2D eigenvalue weighted by Gasteiger charge is -2.42. The van der Waals surface area contributed by atoms with Crippen LogP contribution in [-0.2, 0) is 18.9 Å². The number of aromatic nitrogens is 2. The summed E-state index contributed by atoms with van der Waals surface area (Å²) in [7, 11) is 5.57. The fraction of sp³-hybridized carbons (Fsp3) is 0.310. The predicted octanol–water partition coefficient (Wildman–Crippen LogP) is 3.98. The summed E-state index contributed by atoms with van der Waals surface area (Å²) in [5, 5.41) is 2.89. The van der Waals surface area contributed by atoms with E-state index in [1.165, 1.54) is 51.1 Å². The molecule has 6 rings (SSSR count). The van der Waals surface area contributed by atoms with E-state index in [0.717, 1.165) is 10.6 Å². The van der Waals surface area contributed by atoms with Gasteiger partial charge in [0.05, 0.1) is 24.8 Å². The highest BCUT2D eigenvalue weighted by molar-refractivity contribution is 6.36. The van der Waals surface area contributed by atoms with E-state index >= 15 is 0 Å². The highest BCUT2D eigenvalue weighted by Gasteiger charge is 2.63. The third kappa shape index (κ3) is 3.49. The summed E-state index contributed by atoms with van der Waals surface area (Å²) in [6.45, 7) is 1.69. The Morgan fingerprint density at radius 1 is 1.02 bits per heavy atom. The summed E-state index contributed by atoms with van der Waals surface area (Å²) in [4.78, 5) is 55.5. The Hall–Kier alpha value is -4.09. The van der Waals surface area contributed by atoms with Crippen LogP contribution in [0.3, 0.4) is 0 Å². The van der Waals surface area contributed by atoms with Crippen molar-refractivity contribution in [2.45, 2.75) is 24.9 Å². The number of carbonyl (C=O) groups is 2. The van der Waals surface area contributed by atoms with Gasteiger partial charge < -0.3 is 19.5 Å². The van der Waals surface area contributed by atoms with Gasteiger partial charge in [0.1, 0.15) is 33.7 Å². The van der Waals surface area contributed by atoms with E-state index < -0.39 is 46.1 Å². The van der Waals surface area contributed by atoms with Crippen LogP contribution >= 0.6 is 23.2 Å². The fourth-order valence-electron chi connectivity index (χ4n) is 6.21. The zero-order valence-electron chi connectivity index (χ0n) is 23.1. The van der Waals surface area contributed by atoms with Gasteiger partial charge in [-0.3, -0.25) is 23.5 Å². The molecule has 1 N–H and O–H groups in total. The number of methoxy groups -OCH3 is 2. The molecule has 1 aromatic heterocycles. The number of rotatable bonds is 3. The summed E-state index contributed by atoms with van der Waals surface area (Å²) in [6, 6.07) is 5.30. The predicted molar refractivity (Wildman–Crippen MR) is 152 cm³/mol. The third-order valence-corrected chi connectivity index (χ3v) is 9.00. The summed E-state index contributed by atoms with van der Waals surface area (Å²) in [5.74, 6) is -3.49. The number of halogens is 3. The summed E-state index contributed by atoms with van der Waals surface area (Å²) in [6.07, 6.45) is 0.117. The monoisotopic (exact) mass is 615 g/mol. The van der Waals surface area contributed by atoms with Crippen LogP contribution in [0.1, 0.15) is 40.7 Å². The normalized spacial score (nSPS) is 22.4. The highest BCUT2D eigenvalue weighted by Crippen LogP contribution is 2.56. The molecule has 2 aromatic carbocycles. The second-order valence-electron chi connectivity index (χ2n) is 10.5. The van der Waals surface area contributed by atoms with E-state index in [-0.39, 0.29) is 56.2 Å². The molecule has 0 radical (unpaired) electrons. The number of hydrogen-bond acceptors (Lipinski definition) is 8. The van der Waals surface area contributed by atoms with E-state index in [1.54, 1.807) is 6.92 Å². The number of benzene rings is 2. The zero-order valence-corrected chi connectivity index (χ0v) is 24.6. The van der Waals surface area contributed by atoms with Crippen LogP contribution in [0.15, 0.2) is 45.1 Å². The molecule has 0 saturated heterocycles. The van der Waals surface area contributed by atoms with Gasteiger partial charge in [0, 0.05) is 43.3 Å². The number of anilines is 1. The quantitative estimate of drug-likeness (QED) is 0.440. The molecule has 0 fully saturated rings. The van der Waals surface area contributed by atoms with Crippen molar-refractivity contribution >= 4 is 40.6 Å². The van der Waals surface area contributed by atoms with Crippen molar-refractivity contribution in [3.8, 4) is 17.2 Å². The molecule has 0 unspecified atom stereocenters. The molecule has 0 saturated carbocycles. The Kier molecular flexibility index (Phi) is 6.32. The van der Waals surface area contributed by atoms with Gasteiger partial charge in [-0.2, -0.15) is 0 Å². The number of allylic oxidation sites excluding steroid dienone is 1. The average Bonchev–Trinajstić information content (AvgIpc) is 3.29. The van der Waals surface area contributed by atoms with Crippen molar-refractivity contribution < 1.29 is 28.2 Å². The first-order chi connectivity index (χ1) is 19.9. The van der Waals surface area contributed by atoms with Gasteiger partial charge in [0.2, 0.25) is 17.2 Å². The minimum absolute atomic E-state index is 0.00333. The van der Waals surface area contributed by atoms with E-state index in [4.69, 9.17) is 37.4 Å². The minimum Gasteiger partial charge on any atom is -0.496 e. The molecule has 3 aliphatic rings. The summed E-state index contributed by atoms with van der Waals surface area (Å²) < 4.78 is 33.5. The van der Waals surface area contributed by atoms with Crippen LogP contribution in [0, 0.1) is 11.7 Å². The Morgan fingerprint density at radius 2 is 1.71 bits per heavy atom. The lowest BCUT2D eigenvalue weighted by atomic mass is 9.66. The van der Waals surface area contributed by atoms with Gasteiger partial charge in [0.15, 0.2) is 5.75 Å². The Labute approximate surface area is 248 Å². The maximum absolute atomic E-state index is 14.8. The van der Waals surface area contributed by atoms with Gasteiger partial charge in [-0.05, 0) is 24.1 Å². The van der Waals surface area contributed by atoms with Crippen molar-refractivity contribution in [1.82, 2.24) is 9.13 Å². The number of carbonyl (C=O) groups excluding carboxylic acids is 2. The average molecular weight is 616 g/mol. The number of Topliss-reactive ketones (excluding diaryl/α,β-unsaturated/α-hetero) is 2. The number of hydrogen-bond donors (Lipinski definition) is 1. The summed E-state index contributed by atoms with van der Waals surface area (Å²) >= 11 is 12.7. The molecule has 0 bridgehead atoms. The van der Waals surface area contributed by atoms with Gasteiger partial charge in [-0.25, -0.2) is 9.18 Å². The van der Waals surface area contributed by atoms with Crippen molar-refractivity contribution in [2.24, 2.45) is 20.0 Å². The van der Waals surface area contributed by atoms with E-state index in [1.807, 2.05) is 0 Å². The summed E-state index contributed by atoms with van der Waals surface area (Å²) in [5.41, 5.74) is -2.50. The molecule has 1 aliphatic carbocycles. The molecule has 1 spiro atoms. The van der Waals surface area contributed by atoms with Gasteiger partial charge in [-0.1, -0.05) is 36.2 Å². The molecule has 2 aliphatic heterocycles. The van der Waals surface area contributed by atoms with E-state index in [0.29, 0.717) is 11.3 Å². The number of nitrogens with one attached hydrogen (secondary N) is 1. The molecule has 218 valence electrons. The van der Waals surface area contributed by atoms with Crippen molar-refractivity contribution in [1.29, 1.82) is 0 Å². The lowest BCUT2D eigenvalue weighted by Crippen LogP contribution is -2.58. The minimum atomic E-state index is -2.06. The maximum atomic E-state index is 14.8. The van der Waals surface area contributed by atoms with Gasteiger partial charge in [0.25, 0.3) is 5.56 Å². The van der Waals surface area contributed by atoms with Crippen LogP contribution in [0.2, 0.25) is 10.0 Å². The smallest absolute Gasteiger partial charge is 0.332 e. The number of ketones is 2. The second-order valence-corrected chi connectivity index (χ2v) is 11.3. The third-order valence-electron chi connectivity index (χ3n) is 8.35. The standard InChI is InChI=1S/C29H24Cl2FN3O7/c1-11-8-15-19(24(36)29(11)25(37)20-16(40-4)10-17(41-5)22(31)23(20)42-29)18(12-6-7-14(32)13(30)9-12)21-26(33-15)34(2)28(39)35(3)27(21)38/h6-7,9-11,18,33H,8H2,1-5H3/t11-,18+,29+/m1/s1. The van der Waals surface area contributed by atoms with Crippen LogP contribution in [-0.4, -0.2) is 40.5 Å². The lowest BCUT2D eigenvalue weighted by molar-refractivity contribution is -0.130. The first kappa shape index (κ1) is 28.0. The topological polar surface area (TPSA) is 118 Å². The van der Waals surface area contributed by atoms with Crippen LogP contribution in [0.5, 0.6) is 17.2 Å². The SMILES string of the molecule is COc1cc(OC)c2c(c1Cl)O[C@@]1(C(=O)C3=C(C[C@H]1C)Nc1c(c(=O)n(C)c(=O)n1C)[C@H]3c1ccc(F)c(Cl)c1)C2=O. The zero-order chi connectivity index (χ0) is 30.4. The van der Waals surface area contributed by atoms with Crippen molar-refractivity contribution in [3.63, 3.8) is 0 Å². The Bertz CT molecular complexity index is 1910. The Morgan fingerprint density at radius 3 is 2.36 bits per heavy atom. The molecule has 3 heterocycles. The number of nitrogens with zero attached hydrogens (tertiary/aromatic N) is 2. The van der Waals surface area contributed by atoms with Gasteiger partial charge in [-0.15, -0.1) is 0 Å². The van der Waals surface area contributed by atoms with Crippen LogP contribution in [0.25, 0.3) is 0 Å². The first-order valence-corrected chi connectivity index (χ1v) is 13.6. The first-order valence-electron chi connectivity index (χ1n) is 12.9. The molecular formula is C29H24Cl2FN3O7. The molecular weight excluding hydrogens is 592 g/mol. The molecule has 3 aromatic rings. The fourth-order valence-corrected chi connectivity index (χ4v) is 6.67. The second kappa shape index (κ2) is 9.47. The van der Waals surface area contributed by atoms with Crippen molar-refractivity contribution in [3.05, 3.63) is 88.9 Å². The van der Waals surface area contributed by atoms with Crippen LogP contribution in [0.4, 0.5) is 10.2 Å². The molecule has 42 heavy (non-hydrogen) atoms. The van der Waals surface area contributed by atoms with E-state index in [2.05, 4.69) is 5.32 Å². The van der Waals surface area contributed by atoms with Crippen LogP contribution < -0.4 is 30.8 Å².